The Labute approximate surface area is 130 Å². The van der Waals surface area contributed by atoms with Gasteiger partial charge in [-0.2, -0.15) is 0 Å². The molecule has 2 aromatic carbocycles. The van der Waals surface area contributed by atoms with Crippen LogP contribution in [0, 0.1) is 0 Å². The Balaban J connectivity index is 1.82. The van der Waals surface area contributed by atoms with Crippen LogP contribution in [0.4, 0.5) is 5.69 Å². The average Bonchev–Trinajstić information content (AvgIpc) is 2.51. The Hall–Kier alpha value is -1.71. The molecule has 0 spiro atoms. The minimum Gasteiger partial charge on any atom is -0.507 e. The van der Waals surface area contributed by atoms with E-state index >= 15 is 0 Å². The summed E-state index contributed by atoms with van der Waals surface area (Å²) in [6.45, 7) is 4.30. The van der Waals surface area contributed by atoms with Crippen molar-refractivity contribution >= 4 is 17.3 Å². The van der Waals surface area contributed by atoms with Gasteiger partial charge in [-0.25, -0.2) is 0 Å². The maximum atomic E-state index is 9.96. The summed E-state index contributed by atoms with van der Waals surface area (Å²) < 4.78 is 0. The molecule has 0 unspecified atom stereocenters. The molecule has 0 atom stereocenters. The predicted octanol–water partition coefficient (Wildman–Crippen LogP) is 3.46. The Morgan fingerprint density at radius 1 is 0.952 bits per heavy atom. The van der Waals surface area contributed by atoms with Gasteiger partial charge in [0.25, 0.3) is 0 Å². The molecule has 0 amide bonds. The third kappa shape index (κ3) is 3.14. The van der Waals surface area contributed by atoms with Crippen LogP contribution in [0.5, 0.6) is 5.75 Å². The van der Waals surface area contributed by atoms with Gasteiger partial charge in [-0.15, -0.1) is 0 Å². The van der Waals surface area contributed by atoms with Crippen molar-refractivity contribution in [2.24, 2.45) is 0 Å². The SMILES string of the molecule is CN1CCN(c2ccc(-c3cc(Cl)ccc3O)cc2)CC1. The molecule has 1 saturated heterocycles. The van der Waals surface area contributed by atoms with Crippen molar-refractivity contribution in [2.75, 3.05) is 38.1 Å². The largest absolute Gasteiger partial charge is 0.507 e. The zero-order valence-corrected chi connectivity index (χ0v) is 12.8. The van der Waals surface area contributed by atoms with Crippen LogP contribution in [0.3, 0.4) is 0 Å². The number of likely N-dealkylation sites (N-methyl/N-ethyl adjacent to an activating group) is 1. The quantitative estimate of drug-likeness (QED) is 0.920. The summed E-state index contributed by atoms with van der Waals surface area (Å²) in [5.41, 5.74) is 2.98. The number of phenols is 1. The van der Waals surface area contributed by atoms with Crippen LogP contribution in [-0.2, 0) is 0 Å². The first-order chi connectivity index (χ1) is 10.1. The number of nitrogens with zero attached hydrogens (tertiary/aromatic N) is 2. The van der Waals surface area contributed by atoms with Gasteiger partial charge in [0.15, 0.2) is 0 Å². The molecule has 0 bridgehead atoms. The van der Waals surface area contributed by atoms with E-state index in [0.29, 0.717) is 5.02 Å². The summed E-state index contributed by atoms with van der Waals surface area (Å²) in [4.78, 5) is 4.73. The minimum absolute atomic E-state index is 0.256. The lowest BCUT2D eigenvalue weighted by Crippen LogP contribution is -2.44. The number of hydrogen-bond acceptors (Lipinski definition) is 3. The lowest BCUT2D eigenvalue weighted by atomic mass is 10.0. The minimum atomic E-state index is 0.256. The Bertz CT molecular complexity index is 619. The van der Waals surface area contributed by atoms with Crippen LogP contribution >= 0.6 is 11.6 Å². The van der Waals surface area contributed by atoms with E-state index in [0.717, 1.165) is 37.3 Å². The van der Waals surface area contributed by atoms with E-state index in [2.05, 4.69) is 29.0 Å². The number of halogens is 1. The molecule has 1 fully saturated rings. The predicted molar refractivity (Wildman–Crippen MR) is 88.3 cm³/mol. The highest BCUT2D eigenvalue weighted by atomic mass is 35.5. The third-order valence-electron chi connectivity index (χ3n) is 4.01. The van der Waals surface area contributed by atoms with Gasteiger partial charge in [-0.3, -0.25) is 0 Å². The fourth-order valence-corrected chi connectivity index (χ4v) is 2.83. The van der Waals surface area contributed by atoms with Crippen molar-refractivity contribution in [3.63, 3.8) is 0 Å². The fourth-order valence-electron chi connectivity index (χ4n) is 2.66. The molecule has 110 valence electrons. The highest BCUT2D eigenvalue weighted by molar-refractivity contribution is 6.31. The molecule has 3 rings (SSSR count). The Kier molecular flexibility index (Phi) is 4.04. The molecule has 21 heavy (non-hydrogen) atoms. The van der Waals surface area contributed by atoms with Crippen molar-refractivity contribution in [1.82, 2.24) is 4.90 Å². The van der Waals surface area contributed by atoms with Crippen LogP contribution in [0.1, 0.15) is 0 Å². The maximum Gasteiger partial charge on any atom is 0.123 e. The summed E-state index contributed by atoms with van der Waals surface area (Å²) >= 11 is 6.01. The van der Waals surface area contributed by atoms with E-state index < -0.39 is 0 Å². The number of piperazine rings is 1. The molecule has 1 N–H and O–H groups in total. The normalized spacial score (nSPS) is 16.2. The van der Waals surface area contributed by atoms with Crippen molar-refractivity contribution in [2.45, 2.75) is 0 Å². The Morgan fingerprint density at radius 3 is 2.29 bits per heavy atom. The van der Waals surface area contributed by atoms with E-state index in [1.165, 1.54) is 5.69 Å². The number of hydrogen-bond donors (Lipinski definition) is 1. The molecule has 0 saturated carbocycles. The van der Waals surface area contributed by atoms with Gasteiger partial charge in [0.05, 0.1) is 0 Å². The topological polar surface area (TPSA) is 26.7 Å². The van der Waals surface area contributed by atoms with E-state index in [4.69, 9.17) is 11.6 Å². The molecule has 0 radical (unpaired) electrons. The first-order valence-electron chi connectivity index (χ1n) is 7.16. The number of rotatable bonds is 2. The molecule has 3 nitrogen and oxygen atoms in total. The first kappa shape index (κ1) is 14.2. The van der Waals surface area contributed by atoms with Crippen molar-refractivity contribution in [1.29, 1.82) is 0 Å². The zero-order chi connectivity index (χ0) is 14.8. The summed E-state index contributed by atoms with van der Waals surface area (Å²) in [6, 6.07) is 13.4. The van der Waals surface area contributed by atoms with E-state index in [-0.39, 0.29) is 5.75 Å². The number of phenolic OH excluding ortho intramolecular Hbond substituents is 1. The van der Waals surface area contributed by atoms with Crippen LogP contribution in [0.25, 0.3) is 11.1 Å². The third-order valence-corrected chi connectivity index (χ3v) is 4.24. The molecule has 2 aromatic rings. The average molecular weight is 303 g/mol. The zero-order valence-electron chi connectivity index (χ0n) is 12.1. The standard InChI is InChI=1S/C17H19ClN2O/c1-19-8-10-20(11-9-19)15-5-2-13(3-6-15)16-12-14(18)4-7-17(16)21/h2-7,12,21H,8-11H2,1H3. The van der Waals surface area contributed by atoms with Crippen molar-refractivity contribution < 1.29 is 5.11 Å². The maximum absolute atomic E-state index is 9.96. The molecule has 1 aliphatic rings. The second-order valence-electron chi connectivity index (χ2n) is 5.50. The summed E-state index contributed by atoms with van der Waals surface area (Å²) in [5, 5.41) is 10.6. The van der Waals surface area contributed by atoms with Crippen LogP contribution < -0.4 is 4.90 Å². The van der Waals surface area contributed by atoms with Gasteiger partial charge in [0.1, 0.15) is 5.75 Å². The number of anilines is 1. The van der Waals surface area contributed by atoms with Gasteiger partial charge < -0.3 is 14.9 Å². The second-order valence-corrected chi connectivity index (χ2v) is 5.94. The van der Waals surface area contributed by atoms with Crippen LogP contribution in [0.2, 0.25) is 5.02 Å². The molecule has 0 aromatic heterocycles. The first-order valence-corrected chi connectivity index (χ1v) is 7.54. The van der Waals surface area contributed by atoms with E-state index in [9.17, 15) is 5.11 Å². The summed E-state index contributed by atoms with van der Waals surface area (Å²) in [6.07, 6.45) is 0. The number of aromatic hydroxyl groups is 1. The Morgan fingerprint density at radius 2 is 1.62 bits per heavy atom. The second kappa shape index (κ2) is 5.96. The highest BCUT2D eigenvalue weighted by Crippen LogP contribution is 2.32. The van der Waals surface area contributed by atoms with E-state index in [1.54, 1.807) is 18.2 Å². The van der Waals surface area contributed by atoms with Crippen LogP contribution in [0.15, 0.2) is 42.5 Å². The van der Waals surface area contributed by atoms with Gasteiger partial charge in [-0.1, -0.05) is 23.7 Å². The molecule has 0 aliphatic carbocycles. The van der Waals surface area contributed by atoms with Gasteiger partial charge in [0.2, 0.25) is 0 Å². The van der Waals surface area contributed by atoms with Crippen LogP contribution in [-0.4, -0.2) is 43.2 Å². The molecule has 1 heterocycles. The molecule has 1 aliphatic heterocycles. The highest BCUT2D eigenvalue weighted by Gasteiger charge is 2.14. The van der Waals surface area contributed by atoms with E-state index in [1.807, 2.05) is 12.1 Å². The lowest BCUT2D eigenvalue weighted by Gasteiger charge is -2.34. The summed E-state index contributed by atoms with van der Waals surface area (Å²) in [5.74, 6) is 0.256. The van der Waals surface area contributed by atoms with Gasteiger partial charge >= 0.3 is 0 Å². The number of benzene rings is 2. The van der Waals surface area contributed by atoms with Gasteiger partial charge in [-0.05, 0) is 42.9 Å². The van der Waals surface area contributed by atoms with Crippen molar-refractivity contribution in [3.8, 4) is 16.9 Å². The van der Waals surface area contributed by atoms with Crippen molar-refractivity contribution in [3.05, 3.63) is 47.5 Å². The lowest BCUT2D eigenvalue weighted by molar-refractivity contribution is 0.313. The monoisotopic (exact) mass is 302 g/mol. The fraction of sp³-hybridized carbons (Fsp3) is 0.294. The smallest absolute Gasteiger partial charge is 0.123 e. The summed E-state index contributed by atoms with van der Waals surface area (Å²) in [7, 11) is 2.16. The molecular formula is C17H19ClN2O. The molecular weight excluding hydrogens is 284 g/mol. The molecule has 4 heteroatoms. The van der Waals surface area contributed by atoms with Gasteiger partial charge in [0, 0.05) is 42.5 Å².